The molecule has 0 atom stereocenters. The molecular weight excluding hydrogens is 216 g/mol. The average Bonchev–Trinajstić information content (AvgIpc) is 2.28. The van der Waals surface area contributed by atoms with Crippen LogP contribution < -0.4 is 4.74 Å². The van der Waals surface area contributed by atoms with Crippen molar-refractivity contribution in [3.05, 3.63) is 23.3 Å². The van der Waals surface area contributed by atoms with Gasteiger partial charge in [-0.25, -0.2) is 0 Å². The Bertz CT molecular complexity index is 472. The minimum Gasteiger partial charge on any atom is -0.508 e. The van der Waals surface area contributed by atoms with Gasteiger partial charge in [0, 0.05) is 5.56 Å². The minimum atomic E-state index is -0.225. The zero-order valence-corrected chi connectivity index (χ0v) is 10.3. The summed E-state index contributed by atoms with van der Waals surface area (Å²) in [4.78, 5) is 10.9. The summed E-state index contributed by atoms with van der Waals surface area (Å²) in [6.45, 7) is 5.49. The number of phenolic OH excluding ortho intramolecular Hbond substituents is 1. The highest BCUT2D eigenvalue weighted by Gasteiger charge is 2.20. The van der Waals surface area contributed by atoms with Crippen LogP contribution in [0.5, 0.6) is 11.5 Å². The molecule has 1 heterocycles. The maximum absolute atomic E-state index is 10.9. The molecule has 0 amide bonds. The summed E-state index contributed by atoms with van der Waals surface area (Å²) in [5.41, 5.74) is 1.64. The molecule has 0 saturated heterocycles. The first-order chi connectivity index (χ1) is 8.08. The van der Waals surface area contributed by atoms with E-state index in [9.17, 15) is 9.90 Å². The number of benzene rings is 1. The SMILES string of the molecule is CC#CC.Cc1cc(O)c2c(c1)OC(=O)CC2. The zero-order chi connectivity index (χ0) is 12.8. The van der Waals surface area contributed by atoms with Crippen molar-refractivity contribution in [1.29, 1.82) is 0 Å². The van der Waals surface area contributed by atoms with E-state index in [4.69, 9.17) is 4.74 Å². The Balaban J connectivity index is 0.000000317. The number of esters is 1. The van der Waals surface area contributed by atoms with E-state index >= 15 is 0 Å². The molecule has 0 radical (unpaired) electrons. The number of hydrogen-bond donors (Lipinski definition) is 1. The van der Waals surface area contributed by atoms with E-state index in [-0.39, 0.29) is 11.7 Å². The number of rotatable bonds is 0. The van der Waals surface area contributed by atoms with Crippen LogP contribution in [0.25, 0.3) is 0 Å². The van der Waals surface area contributed by atoms with Gasteiger partial charge in [-0.2, -0.15) is 0 Å². The number of phenols is 1. The largest absolute Gasteiger partial charge is 0.508 e. The number of fused-ring (bicyclic) bond motifs is 1. The minimum absolute atomic E-state index is 0.225. The molecule has 17 heavy (non-hydrogen) atoms. The van der Waals surface area contributed by atoms with E-state index in [1.165, 1.54) is 0 Å². The molecule has 1 aromatic carbocycles. The Labute approximate surface area is 101 Å². The van der Waals surface area contributed by atoms with Crippen molar-refractivity contribution in [1.82, 2.24) is 0 Å². The van der Waals surface area contributed by atoms with Crippen LogP contribution in [0.4, 0.5) is 0 Å². The number of ether oxygens (including phenoxy) is 1. The molecular formula is C14H16O3. The topological polar surface area (TPSA) is 46.5 Å². The Morgan fingerprint density at radius 1 is 1.24 bits per heavy atom. The van der Waals surface area contributed by atoms with Gasteiger partial charge in [0.15, 0.2) is 0 Å². The van der Waals surface area contributed by atoms with Crippen LogP contribution in [-0.2, 0) is 11.2 Å². The average molecular weight is 232 g/mol. The molecule has 3 nitrogen and oxygen atoms in total. The molecule has 0 aliphatic carbocycles. The van der Waals surface area contributed by atoms with Gasteiger partial charge in [0.05, 0.1) is 6.42 Å². The highest BCUT2D eigenvalue weighted by atomic mass is 16.5. The summed E-state index contributed by atoms with van der Waals surface area (Å²) in [6.07, 6.45) is 0.921. The van der Waals surface area contributed by atoms with E-state index in [1.54, 1.807) is 12.1 Å². The van der Waals surface area contributed by atoms with Crippen LogP contribution in [0.2, 0.25) is 0 Å². The fraction of sp³-hybridized carbons (Fsp3) is 0.357. The molecule has 0 unspecified atom stereocenters. The molecule has 0 saturated carbocycles. The fourth-order valence-corrected chi connectivity index (χ4v) is 1.51. The van der Waals surface area contributed by atoms with Crippen molar-refractivity contribution < 1.29 is 14.6 Å². The molecule has 1 aromatic rings. The lowest BCUT2D eigenvalue weighted by Gasteiger charge is -2.16. The molecule has 0 fully saturated rings. The van der Waals surface area contributed by atoms with E-state index < -0.39 is 0 Å². The van der Waals surface area contributed by atoms with Gasteiger partial charge in [0.2, 0.25) is 0 Å². The number of hydrogen-bond acceptors (Lipinski definition) is 3. The highest BCUT2D eigenvalue weighted by molar-refractivity contribution is 5.76. The molecule has 90 valence electrons. The summed E-state index contributed by atoms with van der Waals surface area (Å²) in [7, 11) is 0. The van der Waals surface area contributed by atoms with Crippen LogP contribution in [0.15, 0.2) is 12.1 Å². The first-order valence-corrected chi connectivity index (χ1v) is 5.45. The molecule has 1 aliphatic heterocycles. The van der Waals surface area contributed by atoms with Crippen LogP contribution in [0, 0.1) is 18.8 Å². The number of aryl methyl sites for hydroxylation is 1. The van der Waals surface area contributed by atoms with E-state index in [0.29, 0.717) is 18.6 Å². The molecule has 2 rings (SSSR count). The van der Waals surface area contributed by atoms with E-state index in [2.05, 4.69) is 11.8 Å². The monoisotopic (exact) mass is 232 g/mol. The lowest BCUT2D eigenvalue weighted by molar-refractivity contribution is -0.135. The highest BCUT2D eigenvalue weighted by Crippen LogP contribution is 2.33. The second-order valence-electron chi connectivity index (χ2n) is 3.73. The predicted octanol–water partition coefficient (Wildman–Crippen LogP) is 2.58. The lowest BCUT2D eigenvalue weighted by Crippen LogP contribution is -2.15. The molecule has 0 aromatic heterocycles. The van der Waals surface area contributed by atoms with Gasteiger partial charge in [0.1, 0.15) is 11.5 Å². The van der Waals surface area contributed by atoms with Crippen LogP contribution in [-0.4, -0.2) is 11.1 Å². The molecule has 1 aliphatic rings. The fourth-order valence-electron chi connectivity index (χ4n) is 1.51. The van der Waals surface area contributed by atoms with E-state index in [0.717, 1.165) is 11.1 Å². The van der Waals surface area contributed by atoms with Gasteiger partial charge in [-0.05, 0) is 44.9 Å². The summed E-state index contributed by atoms with van der Waals surface area (Å²) < 4.78 is 4.99. The number of carbonyl (C=O) groups excluding carboxylic acids is 1. The maximum atomic E-state index is 10.9. The van der Waals surface area contributed by atoms with Gasteiger partial charge >= 0.3 is 5.97 Å². The normalized spacial score (nSPS) is 12.3. The van der Waals surface area contributed by atoms with Gasteiger partial charge in [0.25, 0.3) is 0 Å². The summed E-state index contributed by atoms with van der Waals surface area (Å²) in [5.74, 6) is 5.87. The first kappa shape index (κ1) is 13.1. The van der Waals surface area contributed by atoms with Crippen molar-refractivity contribution in [3.63, 3.8) is 0 Å². The smallest absolute Gasteiger partial charge is 0.311 e. The van der Waals surface area contributed by atoms with Crippen LogP contribution in [0.3, 0.4) is 0 Å². The van der Waals surface area contributed by atoms with Crippen molar-refractivity contribution >= 4 is 5.97 Å². The van der Waals surface area contributed by atoms with Gasteiger partial charge in [-0.3, -0.25) is 4.79 Å². The Morgan fingerprint density at radius 2 is 1.88 bits per heavy atom. The zero-order valence-electron chi connectivity index (χ0n) is 10.3. The van der Waals surface area contributed by atoms with E-state index in [1.807, 2.05) is 20.8 Å². The summed E-state index contributed by atoms with van der Waals surface area (Å²) in [6, 6.07) is 3.45. The molecule has 1 N–H and O–H groups in total. The third-order valence-electron chi connectivity index (χ3n) is 2.38. The Kier molecular flexibility index (Phi) is 4.59. The number of carbonyl (C=O) groups is 1. The van der Waals surface area contributed by atoms with Crippen LogP contribution >= 0.6 is 0 Å². The summed E-state index contributed by atoms with van der Waals surface area (Å²) >= 11 is 0. The van der Waals surface area contributed by atoms with Crippen LogP contribution in [0.1, 0.15) is 31.4 Å². The van der Waals surface area contributed by atoms with Gasteiger partial charge in [-0.1, -0.05) is 0 Å². The Morgan fingerprint density at radius 3 is 2.47 bits per heavy atom. The van der Waals surface area contributed by atoms with Gasteiger partial charge in [-0.15, -0.1) is 11.8 Å². The maximum Gasteiger partial charge on any atom is 0.311 e. The van der Waals surface area contributed by atoms with Crippen molar-refractivity contribution in [2.24, 2.45) is 0 Å². The second-order valence-corrected chi connectivity index (χ2v) is 3.73. The molecule has 0 spiro atoms. The third kappa shape index (κ3) is 3.53. The predicted molar refractivity (Wildman–Crippen MR) is 65.9 cm³/mol. The standard InChI is InChI=1S/C10H10O3.C4H6/c1-6-4-8(11)7-2-3-10(12)13-9(7)5-6;1-3-4-2/h4-5,11H,2-3H2,1H3;1-2H3. The third-order valence-corrected chi connectivity index (χ3v) is 2.38. The molecule has 0 bridgehead atoms. The quantitative estimate of drug-likeness (QED) is 0.425. The van der Waals surface area contributed by atoms with Crippen molar-refractivity contribution in [2.45, 2.75) is 33.6 Å². The molecule has 3 heteroatoms. The first-order valence-electron chi connectivity index (χ1n) is 5.45. The summed E-state index contributed by atoms with van der Waals surface area (Å²) in [5, 5.41) is 9.53. The van der Waals surface area contributed by atoms with Gasteiger partial charge < -0.3 is 9.84 Å². The van der Waals surface area contributed by atoms with Crippen molar-refractivity contribution in [3.8, 4) is 23.3 Å². The number of aromatic hydroxyl groups is 1. The second kappa shape index (κ2) is 5.95. The lowest BCUT2D eigenvalue weighted by atomic mass is 10.0. The van der Waals surface area contributed by atoms with Crippen molar-refractivity contribution in [2.75, 3.05) is 0 Å². The Hall–Kier alpha value is -1.95.